The number of likely N-dealkylation sites (tertiary alicyclic amines) is 1. The van der Waals surface area contributed by atoms with Gasteiger partial charge in [-0.15, -0.1) is 0 Å². The molecule has 5 heteroatoms. The van der Waals surface area contributed by atoms with Crippen LogP contribution in [0, 0.1) is 5.92 Å². The lowest BCUT2D eigenvalue weighted by molar-refractivity contribution is -0.146. The topological polar surface area (TPSA) is 45.1 Å². The third-order valence-electron chi connectivity index (χ3n) is 5.43. The summed E-state index contributed by atoms with van der Waals surface area (Å²) in [7, 11) is 1.49. The third-order valence-corrected chi connectivity index (χ3v) is 5.43. The molecule has 2 fully saturated rings. The van der Waals surface area contributed by atoms with E-state index in [1.807, 2.05) is 0 Å². The van der Waals surface area contributed by atoms with Gasteiger partial charge in [-0.05, 0) is 58.1 Å². The Bertz CT molecular complexity index is 526. The van der Waals surface area contributed by atoms with Crippen molar-refractivity contribution in [2.45, 2.75) is 52.1 Å². The van der Waals surface area contributed by atoms with Crippen LogP contribution >= 0.6 is 0 Å². The van der Waals surface area contributed by atoms with E-state index < -0.39 is 0 Å². The molecule has 5 nitrogen and oxygen atoms in total. The zero-order chi connectivity index (χ0) is 15.9. The number of nitrogens with zero attached hydrogens (tertiary/aromatic N) is 3. The van der Waals surface area contributed by atoms with Crippen molar-refractivity contribution in [2.75, 3.05) is 26.7 Å². The summed E-state index contributed by atoms with van der Waals surface area (Å²) in [5.41, 5.74) is 2.86. The molecule has 2 saturated heterocycles. The van der Waals surface area contributed by atoms with Crippen molar-refractivity contribution in [2.24, 2.45) is 10.9 Å². The monoisotopic (exact) mass is 305 g/mol. The quantitative estimate of drug-likeness (QED) is 0.749. The molecule has 3 heterocycles. The number of carbonyl (C=O) groups excluding carboxylic acids is 1. The first-order valence-electron chi connectivity index (χ1n) is 8.34. The number of hydrogen-bond donors (Lipinski definition) is 0. The minimum absolute atomic E-state index is 0.0357. The predicted molar refractivity (Wildman–Crippen MR) is 86.7 cm³/mol. The zero-order valence-electron chi connectivity index (χ0n) is 14.1. The maximum absolute atomic E-state index is 11.9. The minimum atomic E-state index is -0.0741. The van der Waals surface area contributed by atoms with E-state index in [1.165, 1.54) is 18.4 Å². The van der Waals surface area contributed by atoms with Crippen LogP contribution in [0.4, 0.5) is 0 Å². The molecule has 0 N–H and O–H groups in total. The molecular weight excluding hydrogens is 278 g/mol. The smallest absolute Gasteiger partial charge is 0.323 e. The third kappa shape index (κ3) is 2.67. The van der Waals surface area contributed by atoms with Gasteiger partial charge < -0.3 is 9.64 Å². The Labute approximate surface area is 133 Å². The van der Waals surface area contributed by atoms with Crippen LogP contribution in [0.15, 0.2) is 16.3 Å². The van der Waals surface area contributed by atoms with E-state index in [2.05, 4.69) is 30.6 Å². The molecule has 0 saturated carbocycles. The first kappa shape index (κ1) is 15.5. The fourth-order valence-electron chi connectivity index (χ4n) is 4.11. The number of allylic oxidation sites excluding steroid dienone is 1. The van der Waals surface area contributed by atoms with Gasteiger partial charge in [0.1, 0.15) is 11.9 Å². The van der Waals surface area contributed by atoms with Gasteiger partial charge in [0, 0.05) is 18.8 Å². The van der Waals surface area contributed by atoms with Crippen molar-refractivity contribution in [3.05, 3.63) is 11.3 Å². The van der Waals surface area contributed by atoms with Crippen molar-refractivity contribution in [3.63, 3.8) is 0 Å². The molecule has 0 amide bonds. The summed E-state index contributed by atoms with van der Waals surface area (Å²) in [6.07, 6.45) is 3.13. The fraction of sp³-hybridized carbons (Fsp3) is 0.765. The molecule has 0 aliphatic carbocycles. The van der Waals surface area contributed by atoms with Crippen LogP contribution in [0.25, 0.3) is 0 Å². The van der Waals surface area contributed by atoms with E-state index in [1.54, 1.807) is 0 Å². The SMILES string of the molecule is COC(=O)C1CCCN1C[C@@H]1CC2=C(C)[C@H](C)N=C(C)N2C1. The summed E-state index contributed by atoms with van der Waals surface area (Å²) in [6, 6.07) is 0.269. The summed E-state index contributed by atoms with van der Waals surface area (Å²) < 4.78 is 4.95. The van der Waals surface area contributed by atoms with Crippen molar-refractivity contribution >= 4 is 11.8 Å². The Kier molecular flexibility index (Phi) is 4.26. The number of fused-ring (bicyclic) bond motifs is 1. The van der Waals surface area contributed by atoms with Crippen molar-refractivity contribution in [3.8, 4) is 0 Å². The molecule has 0 spiro atoms. The van der Waals surface area contributed by atoms with Gasteiger partial charge >= 0.3 is 5.97 Å². The normalized spacial score (nSPS) is 32.3. The fourth-order valence-corrected chi connectivity index (χ4v) is 4.11. The number of esters is 1. The second-order valence-electron chi connectivity index (χ2n) is 6.84. The van der Waals surface area contributed by atoms with E-state index >= 15 is 0 Å². The molecule has 3 aliphatic rings. The lowest BCUT2D eigenvalue weighted by Crippen LogP contribution is -2.40. The standard InChI is InChI=1S/C17H27N3O2/c1-11-12(2)18-13(3)20-10-14(8-16(11)20)9-19-7-5-6-15(19)17(21)22-4/h12,14-15H,5-10H2,1-4H3/t12-,14-,15?/m0/s1. The van der Waals surface area contributed by atoms with Crippen LogP contribution in [0.5, 0.6) is 0 Å². The number of aliphatic imine (C=N–C) groups is 1. The Morgan fingerprint density at radius 2 is 2.18 bits per heavy atom. The van der Waals surface area contributed by atoms with E-state index in [4.69, 9.17) is 9.73 Å². The van der Waals surface area contributed by atoms with Gasteiger partial charge in [-0.25, -0.2) is 0 Å². The summed E-state index contributed by atoms with van der Waals surface area (Å²) in [4.78, 5) is 21.3. The van der Waals surface area contributed by atoms with Crippen LogP contribution in [0.1, 0.15) is 40.0 Å². The zero-order valence-corrected chi connectivity index (χ0v) is 14.1. The van der Waals surface area contributed by atoms with Gasteiger partial charge in [-0.2, -0.15) is 0 Å². The van der Waals surface area contributed by atoms with Crippen LogP contribution < -0.4 is 0 Å². The van der Waals surface area contributed by atoms with Gasteiger partial charge in [-0.1, -0.05) is 0 Å². The molecule has 122 valence electrons. The first-order chi connectivity index (χ1) is 10.5. The average Bonchev–Trinajstić information content (AvgIpc) is 3.12. The number of methoxy groups -OCH3 is 1. The molecule has 0 bridgehead atoms. The lowest BCUT2D eigenvalue weighted by Gasteiger charge is -2.29. The van der Waals surface area contributed by atoms with E-state index in [9.17, 15) is 4.79 Å². The van der Waals surface area contributed by atoms with Crippen LogP contribution in [-0.4, -0.2) is 60.4 Å². The average molecular weight is 305 g/mol. The van der Waals surface area contributed by atoms with Crippen molar-refractivity contribution in [1.82, 2.24) is 9.80 Å². The van der Waals surface area contributed by atoms with E-state index in [-0.39, 0.29) is 12.0 Å². The summed E-state index contributed by atoms with van der Waals surface area (Å²) >= 11 is 0. The highest BCUT2D eigenvalue weighted by molar-refractivity contribution is 5.83. The van der Waals surface area contributed by atoms with Gasteiger partial charge in [0.25, 0.3) is 0 Å². The summed E-state index contributed by atoms with van der Waals surface area (Å²) in [6.45, 7) is 9.51. The molecule has 0 aromatic heterocycles. The Balaban J connectivity index is 1.69. The second-order valence-corrected chi connectivity index (χ2v) is 6.84. The molecule has 1 unspecified atom stereocenters. The van der Waals surface area contributed by atoms with E-state index in [0.717, 1.165) is 44.7 Å². The number of carbonyl (C=O) groups is 1. The number of amidine groups is 1. The lowest BCUT2D eigenvalue weighted by atomic mass is 10.0. The number of rotatable bonds is 3. The minimum Gasteiger partial charge on any atom is -0.468 e. The highest BCUT2D eigenvalue weighted by Gasteiger charge is 2.37. The molecule has 0 radical (unpaired) electrons. The number of ether oxygens (including phenoxy) is 1. The van der Waals surface area contributed by atoms with Gasteiger partial charge in [0.05, 0.1) is 13.2 Å². The maximum atomic E-state index is 11.9. The van der Waals surface area contributed by atoms with Crippen molar-refractivity contribution < 1.29 is 9.53 Å². The Morgan fingerprint density at radius 1 is 1.41 bits per heavy atom. The van der Waals surface area contributed by atoms with Gasteiger partial charge in [-0.3, -0.25) is 14.7 Å². The molecule has 0 aromatic rings. The second kappa shape index (κ2) is 6.03. The summed E-state index contributed by atoms with van der Waals surface area (Å²) in [5.74, 6) is 1.64. The maximum Gasteiger partial charge on any atom is 0.323 e. The molecule has 3 atom stereocenters. The highest BCUT2D eigenvalue weighted by Crippen LogP contribution is 2.35. The Morgan fingerprint density at radius 3 is 2.91 bits per heavy atom. The Hall–Kier alpha value is -1.36. The van der Waals surface area contributed by atoms with Gasteiger partial charge in [0.2, 0.25) is 0 Å². The van der Waals surface area contributed by atoms with Crippen molar-refractivity contribution in [1.29, 1.82) is 0 Å². The van der Waals surface area contributed by atoms with Crippen LogP contribution in [0.3, 0.4) is 0 Å². The molecule has 22 heavy (non-hydrogen) atoms. The largest absolute Gasteiger partial charge is 0.468 e. The molecule has 3 rings (SSSR count). The van der Waals surface area contributed by atoms with Crippen LogP contribution in [-0.2, 0) is 9.53 Å². The summed E-state index contributed by atoms with van der Waals surface area (Å²) in [5, 5.41) is 0. The first-order valence-corrected chi connectivity index (χ1v) is 8.34. The number of hydrogen-bond acceptors (Lipinski definition) is 5. The molecule has 0 aromatic carbocycles. The van der Waals surface area contributed by atoms with Gasteiger partial charge in [0.15, 0.2) is 0 Å². The predicted octanol–water partition coefficient (Wildman–Crippen LogP) is 2.04. The highest BCUT2D eigenvalue weighted by atomic mass is 16.5. The molecule has 3 aliphatic heterocycles. The molecular formula is C17H27N3O2. The van der Waals surface area contributed by atoms with Crippen LogP contribution in [0.2, 0.25) is 0 Å². The van der Waals surface area contributed by atoms with E-state index in [0.29, 0.717) is 12.0 Å².